The molecule has 1 amide bonds. The lowest BCUT2D eigenvalue weighted by Gasteiger charge is -2.55. The van der Waals surface area contributed by atoms with Crippen molar-refractivity contribution in [2.45, 2.75) is 0 Å². The summed E-state index contributed by atoms with van der Waals surface area (Å²) in [7, 11) is 0. The normalized spacial score (nSPS) is 18.6. The van der Waals surface area contributed by atoms with E-state index in [4.69, 9.17) is 21.3 Å². The van der Waals surface area contributed by atoms with Crippen molar-refractivity contribution in [3.05, 3.63) is 53.6 Å². The number of phenolic OH excluding ortho intramolecular Hbond substituents is 1. The number of piperazine rings is 1. The SMILES string of the molecule is C=CC(=O)N1CCN(c2nc(N3CC4(COC4)C3)nc3c(F)c(-c4c(O)cccc4F)c(Cl)cc23)CC1. The van der Waals surface area contributed by atoms with Gasteiger partial charge in [0, 0.05) is 50.2 Å². The molecule has 3 fully saturated rings. The fourth-order valence-corrected chi connectivity index (χ4v) is 5.57. The topological polar surface area (TPSA) is 82.0 Å². The van der Waals surface area contributed by atoms with Crippen molar-refractivity contribution in [2.75, 3.05) is 62.3 Å². The summed E-state index contributed by atoms with van der Waals surface area (Å²) >= 11 is 6.51. The Morgan fingerprint density at radius 2 is 1.84 bits per heavy atom. The highest BCUT2D eigenvalue weighted by Crippen LogP contribution is 2.44. The zero-order valence-electron chi connectivity index (χ0n) is 19.9. The number of hydrogen-bond donors (Lipinski definition) is 1. The van der Waals surface area contributed by atoms with Crippen LogP contribution in [0.15, 0.2) is 36.9 Å². The molecule has 1 N–H and O–H groups in total. The standard InChI is InChI=1S/C26H24ClF2N5O3/c1-2-19(36)32-6-8-33(9-7-32)24-15-10-16(27)20(21-17(28)4-3-5-18(21)35)22(29)23(15)30-25(31-24)34-11-26(12-34)13-37-14-26/h2-5,10,35H,1,6-9,11-14H2. The Balaban J connectivity index is 1.47. The van der Waals surface area contributed by atoms with Gasteiger partial charge in [-0.1, -0.05) is 24.2 Å². The number of ether oxygens (including phenoxy) is 1. The third-order valence-electron chi connectivity index (χ3n) is 7.31. The van der Waals surface area contributed by atoms with Gasteiger partial charge in [-0.15, -0.1) is 0 Å². The molecule has 2 aromatic carbocycles. The molecule has 192 valence electrons. The van der Waals surface area contributed by atoms with Crippen LogP contribution in [0.5, 0.6) is 5.75 Å². The number of fused-ring (bicyclic) bond motifs is 1. The number of aromatic nitrogens is 2. The zero-order valence-corrected chi connectivity index (χ0v) is 20.6. The number of amides is 1. The fourth-order valence-electron chi connectivity index (χ4n) is 5.29. The van der Waals surface area contributed by atoms with E-state index in [1.807, 2.05) is 9.80 Å². The maximum atomic E-state index is 16.2. The molecule has 3 aliphatic rings. The lowest BCUT2D eigenvalue weighted by molar-refractivity contribution is -0.127. The van der Waals surface area contributed by atoms with Crippen LogP contribution in [0.25, 0.3) is 22.0 Å². The smallest absolute Gasteiger partial charge is 0.246 e. The number of anilines is 2. The molecule has 37 heavy (non-hydrogen) atoms. The highest BCUT2D eigenvalue weighted by molar-refractivity contribution is 6.34. The summed E-state index contributed by atoms with van der Waals surface area (Å²) in [5, 5.41) is 10.6. The van der Waals surface area contributed by atoms with Crippen LogP contribution in [0.2, 0.25) is 5.02 Å². The van der Waals surface area contributed by atoms with Crippen LogP contribution in [-0.2, 0) is 9.53 Å². The molecule has 0 radical (unpaired) electrons. The maximum absolute atomic E-state index is 16.2. The van der Waals surface area contributed by atoms with Crippen molar-refractivity contribution in [2.24, 2.45) is 5.41 Å². The van der Waals surface area contributed by atoms with Gasteiger partial charge >= 0.3 is 0 Å². The average molecular weight is 528 g/mol. The number of aromatic hydroxyl groups is 1. The number of phenols is 1. The summed E-state index contributed by atoms with van der Waals surface area (Å²) in [6, 6.07) is 5.26. The highest BCUT2D eigenvalue weighted by Gasteiger charge is 2.50. The van der Waals surface area contributed by atoms with E-state index in [0.29, 0.717) is 69.6 Å². The van der Waals surface area contributed by atoms with Gasteiger partial charge in [-0.3, -0.25) is 4.79 Å². The zero-order chi connectivity index (χ0) is 25.9. The first-order valence-corrected chi connectivity index (χ1v) is 12.3. The second kappa shape index (κ2) is 8.81. The Morgan fingerprint density at radius 1 is 1.11 bits per heavy atom. The van der Waals surface area contributed by atoms with E-state index in [-0.39, 0.29) is 33.0 Å². The summed E-state index contributed by atoms with van der Waals surface area (Å²) in [6.07, 6.45) is 1.28. The number of nitrogens with zero attached hydrogens (tertiary/aromatic N) is 5. The molecule has 0 saturated carbocycles. The number of carbonyl (C=O) groups excluding carboxylic acids is 1. The first kappa shape index (κ1) is 23.9. The monoisotopic (exact) mass is 527 g/mol. The van der Waals surface area contributed by atoms with E-state index in [0.717, 1.165) is 6.07 Å². The second-order valence-electron chi connectivity index (χ2n) is 9.79. The molecule has 1 aromatic heterocycles. The number of carbonyl (C=O) groups is 1. The third kappa shape index (κ3) is 3.86. The third-order valence-corrected chi connectivity index (χ3v) is 7.61. The van der Waals surface area contributed by atoms with Crippen LogP contribution in [0, 0.1) is 17.0 Å². The van der Waals surface area contributed by atoms with Crippen molar-refractivity contribution in [3.8, 4) is 16.9 Å². The molecule has 6 rings (SSSR count). The molecule has 0 atom stereocenters. The minimum Gasteiger partial charge on any atom is -0.507 e. The number of benzene rings is 2. The maximum Gasteiger partial charge on any atom is 0.246 e. The van der Waals surface area contributed by atoms with Gasteiger partial charge in [0.05, 0.1) is 29.2 Å². The molecule has 0 aliphatic carbocycles. The fraction of sp³-hybridized carbons (Fsp3) is 0.346. The van der Waals surface area contributed by atoms with E-state index in [2.05, 4.69) is 11.6 Å². The molecule has 1 spiro atoms. The van der Waals surface area contributed by atoms with Gasteiger partial charge in [0.15, 0.2) is 5.82 Å². The molecule has 3 aliphatic heterocycles. The molecule has 3 aromatic rings. The van der Waals surface area contributed by atoms with Crippen LogP contribution in [0.4, 0.5) is 20.5 Å². The Labute approximate surface area is 216 Å². The number of halogens is 3. The first-order valence-electron chi connectivity index (χ1n) is 12.0. The van der Waals surface area contributed by atoms with E-state index >= 15 is 4.39 Å². The van der Waals surface area contributed by atoms with Crippen LogP contribution in [-0.4, -0.2) is 78.4 Å². The predicted molar refractivity (Wildman–Crippen MR) is 136 cm³/mol. The molecular formula is C26H24ClF2N5O3. The van der Waals surface area contributed by atoms with E-state index in [1.54, 1.807) is 4.90 Å². The quantitative estimate of drug-likeness (QED) is 0.519. The van der Waals surface area contributed by atoms with E-state index in [9.17, 15) is 14.3 Å². The summed E-state index contributed by atoms with van der Waals surface area (Å²) in [4.78, 5) is 27.0. The summed E-state index contributed by atoms with van der Waals surface area (Å²) < 4.78 is 36.2. The molecule has 4 heterocycles. The second-order valence-corrected chi connectivity index (χ2v) is 10.2. The average Bonchev–Trinajstić information content (AvgIpc) is 2.83. The molecule has 0 unspecified atom stereocenters. The highest BCUT2D eigenvalue weighted by atomic mass is 35.5. The summed E-state index contributed by atoms with van der Waals surface area (Å²) in [5.41, 5.74) is -0.510. The number of rotatable bonds is 4. The first-order chi connectivity index (χ1) is 17.8. The Kier molecular flexibility index (Phi) is 5.68. The predicted octanol–water partition coefficient (Wildman–Crippen LogP) is 3.61. The number of hydrogen-bond acceptors (Lipinski definition) is 7. The van der Waals surface area contributed by atoms with Crippen LogP contribution >= 0.6 is 11.6 Å². The molecule has 11 heteroatoms. The van der Waals surface area contributed by atoms with Crippen molar-refractivity contribution >= 4 is 40.2 Å². The Hall–Kier alpha value is -3.50. The van der Waals surface area contributed by atoms with Gasteiger partial charge < -0.3 is 24.5 Å². The van der Waals surface area contributed by atoms with Crippen molar-refractivity contribution < 1.29 is 23.4 Å². The van der Waals surface area contributed by atoms with Gasteiger partial charge in [-0.05, 0) is 24.3 Å². The van der Waals surface area contributed by atoms with Gasteiger partial charge in [0.25, 0.3) is 0 Å². The van der Waals surface area contributed by atoms with Gasteiger partial charge in [-0.25, -0.2) is 13.8 Å². The van der Waals surface area contributed by atoms with E-state index in [1.165, 1.54) is 24.3 Å². The van der Waals surface area contributed by atoms with E-state index < -0.39 is 17.4 Å². The Bertz CT molecular complexity index is 1410. The van der Waals surface area contributed by atoms with Crippen LogP contribution < -0.4 is 9.80 Å². The van der Waals surface area contributed by atoms with Crippen LogP contribution in [0.1, 0.15) is 0 Å². The lowest BCUT2D eigenvalue weighted by atomic mass is 9.78. The molecule has 3 saturated heterocycles. The van der Waals surface area contributed by atoms with Gasteiger partial charge in [0.2, 0.25) is 11.9 Å². The van der Waals surface area contributed by atoms with Crippen molar-refractivity contribution in [3.63, 3.8) is 0 Å². The van der Waals surface area contributed by atoms with Crippen LogP contribution in [0.3, 0.4) is 0 Å². The largest absolute Gasteiger partial charge is 0.507 e. The lowest BCUT2D eigenvalue weighted by Crippen LogP contribution is -2.66. The minimum atomic E-state index is -0.838. The Morgan fingerprint density at radius 3 is 2.46 bits per heavy atom. The van der Waals surface area contributed by atoms with Crippen molar-refractivity contribution in [1.29, 1.82) is 0 Å². The van der Waals surface area contributed by atoms with Gasteiger partial charge in [-0.2, -0.15) is 4.98 Å². The molecule has 8 nitrogen and oxygen atoms in total. The summed E-state index contributed by atoms with van der Waals surface area (Å²) in [5.74, 6) is -1.36. The summed E-state index contributed by atoms with van der Waals surface area (Å²) in [6.45, 7) is 8.11. The minimum absolute atomic E-state index is 0.0162. The van der Waals surface area contributed by atoms with Gasteiger partial charge in [0.1, 0.15) is 22.9 Å². The molecule has 0 bridgehead atoms. The molecular weight excluding hydrogens is 504 g/mol. The van der Waals surface area contributed by atoms with Crippen molar-refractivity contribution in [1.82, 2.24) is 14.9 Å².